The number of ether oxygens (including phenoxy) is 2. The van der Waals surface area contributed by atoms with E-state index in [4.69, 9.17) is 14.6 Å². The number of carboxylic acids is 1. The fourth-order valence-electron chi connectivity index (χ4n) is 1.82. The first-order chi connectivity index (χ1) is 7.65. The molecule has 1 aliphatic rings. The Morgan fingerprint density at radius 3 is 3.19 bits per heavy atom. The standard InChI is InChI=1S/C12H14O4/c1-8-2-3-11-9(4-8)5-10(16-11)6-15-7-12(13)14/h2-4,10H,5-7H2,1H3,(H,13,14). The average molecular weight is 222 g/mol. The molecule has 0 aliphatic carbocycles. The molecule has 0 aromatic heterocycles. The summed E-state index contributed by atoms with van der Waals surface area (Å²) in [6.07, 6.45) is 0.729. The van der Waals surface area contributed by atoms with Crippen molar-refractivity contribution in [1.29, 1.82) is 0 Å². The highest BCUT2D eigenvalue weighted by Gasteiger charge is 2.22. The van der Waals surface area contributed by atoms with Crippen molar-refractivity contribution in [3.63, 3.8) is 0 Å². The van der Waals surface area contributed by atoms with Crippen LogP contribution in [0.1, 0.15) is 11.1 Å². The first-order valence-electron chi connectivity index (χ1n) is 5.21. The average Bonchev–Trinajstić information content (AvgIpc) is 2.58. The number of aliphatic carboxylic acids is 1. The van der Waals surface area contributed by atoms with E-state index >= 15 is 0 Å². The largest absolute Gasteiger partial charge is 0.487 e. The van der Waals surface area contributed by atoms with E-state index in [2.05, 4.69) is 6.07 Å². The second-order valence-electron chi connectivity index (χ2n) is 3.96. The molecule has 0 bridgehead atoms. The van der Waals surface area contributed by atoms with Crippen LogP contribution < -0.4 is 4.74 Å². The number of carbonyl (C=O) groups is 1. The molecule has 0 radical (unpaired) electrons. The van der Waals surface area contributed by atoms with Crippen molar-refractivity contribution in [2.45, 2.75) is 19.4 Å². The summed E-state index contributed by atoms with van der Waals surface area (Å²) in [5.41, 5.74) is 2.37. The highest BCUT2D eigenvalue weighted by molar-refractivity contribution is 5.67. The van der Waals surface area contributed by atoms with Crippen molar-refractivity contribution in [2.24, 2.45) is 0 Å². The summed E-state index contributed by atoms with van der Waals surface area (Å²) in [5.74, 6) is -0.0686. The van der Waals surface area contributed by atoms with Gasteiger partial charge in [0.25, 0.3) is 0 Å². The fraction of sp³-hybridized carbons (Fsp3) is 0.417. The number of rotatable bonds is 4. The highest BCUT2D eigenvalue weighted by Crippen LogP contribution is 2.29. The molecule has 1 heterocycles. The van der Waals surface area contributed by atoms with Gasteiger partial charge >= 0.3 is 5.97 Å². The van der Waals surface area contributed by atoms with E-state index in [1.165, 1.54) is 11.1 Å². The van der Waals surface area contributed by atoms with Gasteiger partial charge in [-0.05, 0) is 18.6 Å². The lowest BCUT2D eigenvalue weighted by Gasteiger charge is -2.09. The minimum absolute atomic E-state index is 0.0591. The van der Waals surface area contributed by atoms with Crippen molar-refractivity contribution in [3.8, 4) is 5.75 Å². The molecule has 0 saturated carbocycles. The molecule has 1 aromatic carbocycles. The molecule has 1 atom stereocenters. The Morgan fingerprint density at radius 1 is 1.62 bits per heavy atom. The molecule has 2 rings (SSSR count). The van der Waals surface area contributed by atoms with Crippen LogP contribution in [-0.2, 0) is 16.0 Å². The molecule has 4 nitrogen and oxygen atoms in total. The summed E-state index contributed by atoms with van der Waals surface area (Å²) in [6.45, 7) is 2.09. The van der Waals surface area contributed by atoms with E-state index in [1.54, 1.807) is 0 Å². The molecule has 4 heteroatoms. The Morgan fingerprint density at radius 2 is 2.44 bits per heavy atom. The summed E-state index contributed by atoms with van der Waals surface area (Å²) in [4.78, 5) is 10.3. The Labute approximate surface area is 93.8 Å². The summed E-state index contributed by atoms with van der Waals surface area (Å²) in [7, 11) is 0. The first-order valence-corrected chi connectivity index (χ1v) is 5.21. The maximum absolute atomic E-state index is 10.3. The van der Waals surface area contributed by atoms with E-state index < -0.39 is 5.97 Å². The maximum Gasteiger partial charge on any atom is 0.329 e. The summed E-state index contributed by atoms with van der Waals surface area (Å²) >= 11 is 0. The van der Waals surface area contributed by atoms with Gasteiger partial charge in [0.05, 0.1) is 6.61 Å². The van der Waals surface area contributed by atoms with E-state index in [0.29, 0.717) is 6.61 Å². The molecule has 1 aliphatic heterocycles. The number of hydrogen-bond acceptors (Lipinski definition) is 3. The third-order valence-corrected chi connectivity index (χ3v) is 2.49. The van der Waals surface area contributed by atoms with Gasteiger partial charge in [0.2, 0.25) is 0 Å². The Balaban J connectivity index is 1.88. The van der Waals surface area contributed by atoms with Gasteiger partial charge in [-0.2, -0.15) is 0 Å². The number of aryl methyl sites for hydroxylation is 1. The summed E-state index contributed by atoms with van der Waals surface area (Å²) < 4.78 is 10.6. The third-order valence-electron chi connectivity index (χ3n) is 2.49. The minimum atomic E-state index is -0.952. The molecule has 1 aromatic rings. The predicted molar refractivity (Wildman–Crippen MR) is 57.8 cm³/mol. The van der Waals surface area contributed by atoms with Crippen LogP contribution in [0.5, 0.6) is 5.75 Å². The van der Waals surface area contributed by atoms with E-state index in [1.807, 2.05) is 19.1 Å². The number of carboxylic acid groups (broad SMARTS) is 1. The molecule has 86 valence electrons. The molecule has 1 N–H and O–H groups in total. The highest BCUT2D eigenvalue weighted by atomic mass is 16.5. The van der Waals surface area contributed by atoms with Crippen molar-refractivity contribution < 1.29 is 19.4 Å². The van der Waals surface area contributed by atoms with Gasteiger partial charge in [-0.1, -0.05) is 17.7 Å². The smallest absolute Gasteiger partial charge is 0.329 e. The van der Waals surface area contributed by atoms with Crippen LogP contribution in [0.4, 0.5) is 0 Å². The van der Waals surface area contributed by atoms with Crippen molar-refractivity contribution in [1.82, 2.24) is 0 Å². The van der Waals surface area contributed by atoms with E-state index in [0.717, 1.165) is 12.2 Å². The summed E-state index contributed by atoms with van der Waals surface area (Å²) in [5, 5.41) is 8.43. The van der Waals surface area contributed by atoms with Gasteiger partial charge in [-0.3, -0.25) is 0 Å². The number of hydrogen-bond donors (Lipinski definition) is 1. The van der Waals surface area contributed by atoms with Crippen LogP contribution in [-0.4, -0.2) is 30.4 Å². The zero-order valence-electron chi connectivity index (χ0n) is 9.10. The van der Waals surface area contributed by atoms with Crippen LogP contribution in [0.3, 0.4) is 0 Å². The van der Waals surface area contributed by atoms with Crippen LogP contribution in [0.15, 0.2) is 18.2 Å². The number of benzene rings is 1. The quantitative estimate of drug-likeness (QED) is 0.836. The lowest BCUT2D eigenvalue weighted by molar-refractivity contribution is -0.142. The van der Waals surface area contributed by atoms with Crippen LogP contribution in [0.2, 0.25) is 0 Å². The third kappa shape index (κ3) is 2.52. The number of fused-ring (bicyclic) bond motifs is 1. The van der Waals surface area contributed by atoms with Crippen LogP contribution in [0.25, 0.3) is 0 Å². The lowest BCUT2D eigenvalue weighted by atomic mass is 10.1. The van der Waals surface area contributed by atoms with Gasteiger partial charge in [0.1, 0.15) is 18.5 Å². The fourth-order valence-corrected chi connectivity index (χ4v) is 1.82. The molecule has 0 amide bonds. The van der Waals surface area contributed by atoms with Gasteiger partial charge in [-0.15, -0.1) is 0 Å². The molecular formula is C12H14O4. The normalized spacial score (nSPS) is 17.9. The zero-order valence-corrected chi connectivity index (χ0v) is 9.10. The van der Waals surface area contributed by atoms with E-state index in [-0.39, 0.29) is 12.7 Å². The molecule has 16 heavy (non-hydrogen) atoms. The van der Waals surface area contributed by atoms with Crippen molar-refractivity contribution in [2.75, 3.05) is 13.2 Å². The predicted octanol–water partition coefficient (Wildman–Crippen LogP) is 1.40. The molecule has 0 spiro atoms. The van der Waals surface area contributed by atoms with Crippen LogP contribution in [0, 0.1) is 6.92 Å². The lowest BCUT2D eigenvalue weighted by Crippen LogP contribution is -2.22. The maximum atomic E-state index is 10.3. The van der Waals surface area contributed by atoms with Gasteiger partial charge in [0, 0.05) is 6.42 Å². The topological polar surface area (TPSA) is 55.8 Å². The van der Waals surface area contributed by atoms with Gasteiger partial charge in [0.15, 0.2) is 0 Å². The Hall–Kier alpha value is -1.55. The van der Waals surface area contributed by atoms with E-state index in [9.17, 15) is 4.79 Å². The molecule has 1 unspecified atom stereocenters. The summed E-state index contributed by atoms with van der Waals surface area (Å²) in [6, 6.07) is 6.04. The van der Waals surface area contributed by atoms with Gasteiger partial charge in [-0.25, -0.2) is 4.79 Å². The second-order valence-corrected chi connectivity index (χ2v) is 3.96. The first kappa shape index (κ1) is 11.0. The molecule has 0 fully saturated rings. The monoisotopic (exact) mass is 222 g/mol. The van der Waals surface area contributed by atoms with Crippen LogP contribution >= 0.6 is 0 Å². The zero-order chi connectivity index (χ0) is 11.5. The molecular weight excluding hydrogens is 208 g/mol. The minimum Gasteiger partial charge on any atom is -0.487 e. The SMILES string of the molecule is Cc1ccc2c(c1)CC(COCC(=O)O)O2. The molecule has 0 saturated heterocycles. The van der Waals surface area contributed by atoms with Gasteiger partial charge < -0.3 is 14.6 Å². The van der Waals surface area contributed by atoms with Crippen molar-refractivity contribution >= 4 is 5.97 Å². The Bertz CT molecular complexity index is 400. The second kappa shape index (κ2) is 4.53. The van der Waals surface area contributed by atoms with Crippen molar-refractivity contribution in [3.05, 3.63) is 29.3 Å². The Kier molecular flexibility index (Phi) is 3.10.